The monoisotopic (exact) mass is 497 g/mol. The normalized spacial score (nSPS) is 11.4. The molecule has 1 aromatic heterocycles. The van der Waals surface area contributed by atoms with E-state index in [0.29, 0.717) is 29.6 Å². The lowest BCUT2D eigenvalue weighted by atomic mass is 9.81. The molecule has 0 radical (unpaired) electrons. The van der Waals surface area contributed by atoms with Crippen molar-refractivity contribution in [1.82, 2.24) is 9.55 Å². The molecule has 4 aromatic rings. The Morgan fingerprint density at radius 1 is 0.943 bits per heavy atom. The van der Waals surface area contributed by atoms with Crippen LogP contribution in [0, 0.1) is 11.6 Å². The first-order valence-electron chi connectivity index (χ1n) is 11.0. The van der Waals surface area contributed by atoms with E-state index in [9.17, 15) is 8.78 Å². The van der Waals surface area contributed by atoms with Gasteiger partial charge in [-0.1, -0.05) is 31.5 Å². The molecule has 35 heavy (non-hydrogen) atoms. The lowest BCUT2D eigenvalue weighted by Crippen LogP contribution is -2.24. The number of imidazole rings is 1. The smallest absolute Gasteiger partial charge is 0.161 e. The minimum atomic E-state index is -0.502. The molecule has 0 aliphatic rings. The van der Waals surface area contributed by atoms with Gasteiger partial charge in [0.15, 0.2) is 11.5 Å². The summed E-state index contributed by atoms with van der Waals surface area (Å²) < 4.78 is 40.2. The van der Waals surface area contributed by atoms with Crippen molar-refractivity contribution in [3.8, 4) is 17.2 Å². The van der Waals surface area contributed by atoms with Crippen LogP contribution in [0.4, 0.5) is 14.5 Å². The molecule has 3 aromatic carbocycles. The fraction of sp³-hybridized carbons (Fsp3) is 0.222. The molecule has 1 heterocycles. The zero-order valence-corrected chi connectivity index (χ0v) is 20.7. The summed E-state index contributed by atoms with van der Waals surface area (Å²) >= 11 is 5.93. The van der Waals surface area contributed by atoms with Gasteiger partial charge in [0.1, 0.15) is 17.5 Å². The molecule has 0 amide bonds. The minimum Gasteiger partial charge on any atom is -0.493 e. The Balaban J connectivity index is 1.77. The number of ether oxygens (including phenoxy) is 2. The first kappa shape index (κ1) is 24.5. The van der Waals surface area contributed by atoms with Crippen molar-refractivity contribution in [3.63, 3.8) is 0 Å². The van der Waals surface area contributed by atoms with Crippen molar-refractivity contribution < 1.29 is 18.3 Å². The highest BCUT2D eigenvalue weighted by molar-refractivity contribution is 6.31. The molecule has 0 saturated heterocycles. The van der Waals surface area contributed by atoms with Crippen LogP contribution in [-0.2, 0) is 12.0 Å². The second-order valence-corrected chi connectivity index (χ2v) is 8.96. The van der Waals surface area contributed by atoms with Gasteiger partial charge in [-0.15, -0.1) is 0 Å². The van der Waals surface area contributed by atoms with E-state index >= 15 is 0 Å². The number of nitrogens with one attached hydrogen (secondary N) is 1. The van der Waals surface area contributed by atoms with E-state index in [0.717, 1.165) is 16.9 Å². The van der Waals surface area contributed by atoms with E-state index in [1.165, 1.54) is 24.3 Å². The molecule has 0 bridgehead atoms. The molecule has 8 heteroatoms. The summed E-state index contributed by atoms with van der Waals surface area (Å²) in [6.07, 6.45) is 1.81. The molecule has 4 rings (SSSR count). The number of methoxy groups -OCH3 is 2. The third kappa shape index (κ3) is 4.95. The lowest BCUT2D eigenvalue weighted by Gasteiger charge is -2.28. The van der Waals surface area contributed by atoms with Crippen LogP contribution in [-0.4, -0.2) is 23.8 Å². The third-order valence-electron chi connectivity index (χ3n) is 6.04. The molecular formula is C27H26ClF2N3O2. The summed E-state index contributed by atoms with van der Waals surface area (Å²) in [6.45, 7) is 4.51. The highest BCUT2D eigenvalue weighted by Gasteiger charge is 2.30. The Labute approximate surface area is 208 Å². The maximum atomic E-state index is 13.7. The van der Waals surface area contributed by atoms with Crippen LogP contribution < -0.4 is 14.8 Å². The first-order valence-corrected chi connectivity index (χ1v) is 11.4. The van der Waals surface area contributed by atoms with E-state index in [1.807, 2.05) is 29.0 Å². The van der Waals surface area contributed by atoms with Crippen molar-refractivity contribution in [1.29, 1.82) is 0 Å². The molecule has 0 atom stereocenters. The number of aromatic nitrogens is 2. The molecule has 0 fully saturated rings. The van der Waals surface area contributed by atoms with Gasteiger partial charge in [0.2, 0.25) is 0 Å². The maximum absolute atomic E-state index is 13.7. The highest BCUT2D eigenvalue weighted by atomic mass is 35.5. The van der Waals surface area contributed by atoms with Crippen molar-refractivity contribution in [3.05, 3.63) is 101 Å². The predicted octanol–water partition coefficient (Wildman–Crippen LogP) is 6.76. The predicted molar refractivity (Wildman–Crippen MR) is 134 cm³/mol. The molecule has 1 N–H and O–H groups in total. The van der Waals surface area contributed by atoms with E-state index in [2.05, 4.69) is 24.1 Å². The lowest BCUT2D eigenvalue weighted by molar-refractivity contribution is 0.353. The SMILES string of the molecule is COc1ccc(C(C)(C)c2cnc(CNc3ccc(F)c(Cl)c3)n2-c2ccc(F)cc2)cc1OC. The quantitative estimate of drug-likeness (QED) is 0.292. The number of nitrogens with zero attached hydrogens (tertiary/aromatic N) is 2. The summed E-state index contributed by atoms with van der Waals surface area (Å²) in [4.78, 5) is 4.68. The topological polar surface area (TPSA) is 48.3 Å². The Morgan fingerprint density at radius 3 is 2.31 bits per heavy atom. The highest BCUT2D eigenvalue weighted by Crippen LogP contribution is 2.38. The molecule has 0 aliphatic heterocycles. The summed E-state index contributed by atoms with van der Waals surface area (Å²) in [5.74, 6) is 1.16. The van der Waals surface area contributed by atoms with Crippen molar-refractivity contribution in [2.45, 2.75) is 25.8 Å². The standard InChI is InChI=1S/C27H26ClF2N3O2/c1-27(2,17-5-12-23(34-3)24(13-17)35-4)25-15-32-26(33(25)20-9-6-18(29)7-10-20)16-31-19-8-11-22(30)21(28)14-19/h5-15,31H,16H2,1-4H3. The zero-order valence-electron chi connectivity index (χ0n) is 19.9. The molecule has 0 unspecified atom stereocenters. The van der Waals surface area contributed by atoms with Crippen LogP contribution in [0.25, 0.3) is 5.69 Å². The molecule has 0 spiro atoms. The summed E-state index contributed by atoms with van der Waals surface area (Å²) in [7, 11) is 3.20. The Kier molecular flexibility index (Phi) is 6.98. The van der Waals surface area contributed by atoms with E-state index in [4.69, 9.17) is 21.1 Å². The second-order valence-electron chi connectivity index (χ2n) is 8.55. The Bertz CT molecular complexity index is 1340. The van der Waals surface area contributed by atoms with Gasteiger partial charge in [-0.2, -0.15) is 0 Å². The number of hydrogen-bond acceptors (Lipinski definition) is 4. The van der Waals surface area contributed by atoms with Crippen LogP contribution in [0.15, 0.2) is 66.9 Å². The molecule has 5 nitrogen and oxygen atoms in total. The molecule has 0 aliphatic carbocycles. The van der Waals surface area contributed by atoms with E-state index in [1.54, 1.807) is 32.4 Å². The van der Waals surface area contributed by atoms with Gasteiger partial charge in [-0.25, -0.2) is 13.8 Å². The number of halogens is 3. The fourth-order valence-corrected chi connectivity index (χ4v) is 4.17. The summed E-state index contributed by atoms with van der Waals surface area (Å²) in [5, 5.41) is 3.28. The summed E-state index contributed by atoms with van der Waals surface area (Å²) in [6, 6.07) is 16.5. The van der Waals surface area contributed by atoms with Crippen LogP contribution in [0.1, 0.15) is 30.9 Å². The van der Waals surface area contributed by atoms with Gasteiger partial charge >= 0.3 is 0 Å². The van der Waals surface area contributed by atoms with E-state index in [-0.39, 0.29) is 10.8 Å². The van der Waals surface area contributed by atoms with Crippen LogP contribution in [0.5, 0.6) is 11.5 Å². The van der Waals surface area contributed by atoms with Gasteiger partial charge in [0.05, 0.1) is 31.5 Å². The first-order chi connectivity index (χ1) is 16.7. The van der Waals surface area contributed by atoms with Crippen LogP contribution >= 0.6 is 11.6 Å². The third-order valence-corrected chi connectivity index (χ3v) is 6.33. The zero-order chi connectivity index (χ0) is 25.2. The number of hydrogen-bond donors (Lipinski definition) is 1. The second kappa shape index (κ2) is 9.96. The van der Waals surface area contributed by atoms with Crippen molar-refractivity contribution in [2.24, 2.45) is 0 Å². The molecular weight excluding hydrogens is 472 g/mol. The van der Waals surface area contributed by atoms with Gasteiger partial charge in [0, 0.05) is 23.0 Å². The van der Waals surface area contributed by atoms with E-state index < -0.39 is 11.2 Å². The van der Waals surface area contributed by atoms with Gasteiger partial charge < -0.3 is 14.8 Å². The summed E-state index contributed by atoms with van der Waals surface area (Å²) in [5.41, 5.74) is 2.80. The van der Waals surface area contributed by atoms with Crippen molar-refractivity contribution in [2.75, 3.05) is 19.5 Å². The van der Waals surface area contributed by atoms with Crippen molar-refractivity contribution >= 4 is 17.3 Å². The molecule has 182 valence electrons. The van der Waals surface area contributed by atoms with Crippen LogP contribution in [0.2, 0.25) is 5.02 Å². The Morgan fingerprint density at radius 2 is 1.66 bits per heavy atom. The minimum absolute atomic E-state index is 0.0344. The number of benzene rings is 3. The average molecular weight is 498 g/mol. The number of anilines is 1. The average Bonchev–Trinajstić information content (AvgIpc) is 3.29. The maximum Gasteiger partial charge on any atom is 0.161 e. The van der Waals surface area contributed by atoms with Gasteiger partial charge in [0.25, 0.3) is 0 Å². The largest absolute Gasteiger partial charge is 0.493 e. The fourth-order valence-electron chi connectivity index (χ4n) is 3.99. The van der Waals surface area contributed by atoms with Gasteiger partial charge in [-0.05, 0) is 60.2 Å². The van der Waals surface area contributed by atoms with Crippen LogP contribution in [0.3, 0.4) is 0 Å². The number of rotatable bonds is 8. The molecule has 0 saturated carbocycles. The van der Waals surface area contributed by atoms with Gasteiger partial charge in [-0.3, -0.25) is 4.57 Å². The Hall–Kier alpha value is -3.58.